The Morgan fingerprint density at radius 3 is 1.29 bits per heavy atom. The molecule has 0 saturated heterocycles. The van der Waals surface area contributed by atoms with Gasteiger partial charge in [0.25, 0.3) is 0 Å². The van der Waals surface area contributed by atoms with Crippen LogP contribution in [0.2, 0.25) is 0 Å². The van der Waals surface area contributed by atoms with E-state index in [1.165, 1.54) is 0 Å². The summed E-state index contributed by atoms with van der Waals surface area (Å²) in [5.41, 5.74) is 0. The molecule has 0 unspecified atom stereocenters. The largest absolute Gasteiger partial charge is 0.692 e. The molecule has 5 N–H and O–H groups in total. The molecule has 0 aromatic heterocycles. The lowest BCUT2D eigenvalue weighted by Crippen LogP contribution is -1.38. The predicted octanol–water partition coefficient (Wildman–Crippen LogP) is 0.539. The van der Waals surface area contributed by atoms with Crippen LogP contribution in [-0.4, -0.2) is 9.79 Å². The quantitative estimate of drug-likeness (QED) is 0.437. The fourth-order valence-electron chi connectivity index (χ4n) is 0. The molecule has 0 aliphatic rings. The molecule has 48 valence electrons. The second-order valence-corrected chi connectivity index (χ2v) is 0.758. The second-order valence-electron chi connectivity index (χ2n) is 0.253. The first kappa shape index (κ1) is 26.5. The molecule has 4 nitrogen and oxygen atoms in total. The zero-order chi connectivity index (χ0) is 3.58. The fourth-order valence-corrected chi connectivity index (χ4v) is 0. The average Bonchev–Trinajstić information content (AvgIpc) is 0.811. The van der Waals surface area contributed by atoms with E-state index < -0.39 is 8.25 Å². The van der Waals surface area contributed by atoms with Gasteiger partial charge in [-0.2, -0.15) is 13.5 Å². The Balaban J connectivity index is -0.0000000150. The molecule has 0 aromatic carbocycles. The van der Waals surface area contributed by atoms with E-state index in [0.29, 0.717) is 0 Å². The summed E-state index contributed by atoms with van der Waals surface area (Å²) < 4.78 is 8.70. The van der Waals surface area contributed by atoms with Crippen molar-refractivity contribution in [2.24, 2.45) is 0 Å². The normalized spacial score (nSPS) is 3.71. The van der Waals surface area contributed by atoms with Crippen molar-refractivity contribution in [2.75, 3.05) is 0 Å². The molecular formula is CH11NO3PS+. The van der Waals surface area contributed by atoms with Gasteiger partial charge in [-0.1, -0.05) is 7.43 Å². The van der Waals surface area contributed by atoms with Crippen molar-refractivity contribution in [1.29, 1.82) is 0 Å². The maximum atomic E-state index is 8.70. The molecule has 7 heavy (non-hydrogen) atoms. The Morgan fingerprint density at radius 2 is 1.29 bits per heavy atom. The first-order valence-corrected chi connectivity index (χ1v) is 1.75. The van der Waals surface area contributed by atoms with E-state index in [0.717, 1.165) is 0 Å². The molecule has 0 heterocycles. The minimum Gasteiger partial charge on any atom is -0.344 e. The van der Waals surface area contributed by atoms with Crippen LogP contribution in [0.4, 0.5) is 0 Å². The minimum absolute atomic E-state index is 0. The summed E-state index contributed by atoms with van der Waals surface area (Å²) in [7, 11) is -2.87. The third-order valence-electron chi connectivity index (χ3n) is 0. The molecule has 0 rings (SSSR count). The Labute approximate surface area is 50.5 Å². The highest BCUT2D eigenvalue weighted by Gasteiger charge is 1.93. The van der Waals surface area contributed by atoms with E-state index in [2.05, 4.69) is 0 Å². The van der Waals surface area contributed by atoms with Gasteiger partial charge in [0.2, 0.25) is 0 Å². The first-order valence-electron chi connectivity index (χ1n) is 0.583. The number of hydrogen-bond donors (Lipinski definition) is 3. The summed E-state index contributed by atoms with van der Waals surface area (Å²) in [5, 5.41) is 0. The summed E-state index contributed by atoms with van der Waals surface area (Å²) in [6, 6.07) is 0. The van der Waals surface area contributed by atoms with Gasteiger partial charge in [-0.3, -0.25) is 0 Å². The Hall–Kier alpha value is 0.330. The number of hydrogen-bond acceptors (Lipinski definition) is 2. The summed E-state index contributed by atoms with van der Waals surface area (Å²) in [6.45, 7) is 0. The summed E-state index contributed by atoms with van der Waals surface area (Å²) >= 11 is 0. The van der Waals surface area contributed by atoms with Crippen molar-refractivity contribution in [2.45, 2.75) is 7.43 Å². The fraction of sp³-hybridized carbons (Fsp3) is 1.00. The second kappa shape index (κ2) is 16.2. The SMILES string of the molecule is C.N.O=[P+](O)O.S. The lowest BCUT2D eigenvalue weighted by Gasteiger charge is -1.34. The molecule has 0 aromatic rings. The molecule has 0 fully saturated rings. The van der Waals surface area contributed by atoms with Gasteiger partial charge in [0.05, 0.1) is 0 Å². The van der Waals surface area contributed by atoms with E-state index in [-0.39, 0.29) is 27.1 Å². The Bertz CT molecular complexity index is 37.9. The summed E-state index contributed by atoms with van der Waals surface area (Å²) in [4.78, 5) is 14.2. The molecule has 0 amide bonds. The van der Waals surface area contributed by atoms with Gasteiger partial charge in [-0.25, -0.2) is 0 Å². The van der Waals surface area contributed by atoms with E-state index in [1.54, 1.807) is 0 Å². The average molecular weight is 148 g/mol. The van der Waals surface area contributed by atoms with E-state index in [4.69, 9.17) is 14.4 Å². The summed E-state index contributed by atoms with van der Waals surface area (Å²) in [6.07, 6.45) is 0. The van der Waals surface area contributed by atoms with Crippen LogP contribution in [-0.2, 0) is 4.57 Å². The van der Waals surface area contributed by atoms with Gasteiger partial charge >= 0.3 is 8.25 Å². The smallest absolute Gasteiger partial charge is 0.344 e. The van der Waals surface area contributed by atoms with Gasteiger partial charge in [0, 0.05) is 4.57 Å². The summed E-state index contributed by atoms with van der Waals surface area (Å²) in [5.74, 6) is 0. The van der Waals surface area contributed by atoms with Crippen LogP contribution >= 0.6 is 21.8 Å². The van der Waals surface area contributed by atoms with Crippen LogP contribution in [0, 0.1) is 0 Å². The molecule has 0 spiro atoms. The highest BCUT2D eigenvalue weighted by atomic mass is 32.1. The highest BCUT2D eigenvalue weighted by molar-refractivity contribution is 7.59. The van der Waals surface area contributed by atoms with Crippen molar-refractivity contribution in [1.82, 2.24) is 6.15 Å². The zero-order valence-electron chi connectivity index (χ0n) is 2.96. The molecular weight excluding hydrogens is 137 g/mol. The Kier molecular flexibility index (Phi) is 61.4. The lowest BCUT2D eigenvalue weighted by atomic mass is 12.0. The van der Waals surface area contributed by atoms with Crippen molar-refractivity contribution < 1.29 is 14.4 Å². The zero-order valence-corrected chi connectivity index (χ0v) is 4.85. The standard InChI is InChI=1S/CH4.H3N.HO3P.H2S/c;;1-4(2)3;/h1H4;1H3;(H-,1,2,3);1H2/p+1. The van der Waals surface area contributed by atoms with Crippen LogP contribution in [0.25, 0.3) is 0 Å². The molecule has 0 saturated carbocycles. The molecule has 0 bridgehead atoms. The van der Waals surface area contributed by atoms with Crippen LogP contribution in [0.15, 0.2) is 0 Å². The van der Waals surface area contributed by atoms with Crippen molar-refractivity contribution in [3.05, 3.63) is 0 Å². The lowest BCUT2D eigenvalue weighted by molar-refractivity contribution is 0.405. The minimum atomic E-state index is -2.87. The highest BCUT2D eigenvalue weighted by Crippen LogP contribution is 1.98. The maximum absolute atomic E-state index is 8.70. The van der Waals surface area contributed by atoms with Gasteiger partial charge in [-0.15, -0.1) is 9.79 Å². The van der Waals surface area contributed by atoms with Gasteiger partial charge < -0.3 is 6.15 Å². The van der Waals surface area contributed by atoms with Gasteiger partial charge in [0.15, 0.2) is 0 Å². The molecule has 6 heteroatoms. The maximum Gasteiger partial charge on any atom is 0.692 e. The molecule has 0 radical (unpaired) electrons. The van der Waals surface area contributed by atoms with Gasteiger partial charge in [0.1, 0.15) is 0 Å². The first-order chi connectivity index (χ1) is 1.73. The third kappa shape index (κ3) is 1090. The Morgan fingerprint density at radius 1 is 1.29 bits per heavy atom. The van der Waals surface area contributed by atoms with Crippen molar-refractivity contribution in [3.8, 4) is 0 Å². The topological polar surface area (TPSA) is 92.5 Å². The van der Waals surface area contributed by atoms with E-state index >= 15 is 0 Å². The van der Waals surface area contributed by atoms with Crippen LogP contribution < -0.4 is 6.15 Å². The third-order valence-corrected chi connectivity index (χ3v) is 0. The van der Waals surface area contributed by atoms with E-state index in [1.807, 2.05) is 0 Å². The molecule has 0 atom stereocenters. The molecule has 0 aliphatic heterocycles. The van der Waals surface area contributed by atoms with Crippen LogP contribution in [0.5, 0.6) is 0 Å². The number of rotatable bonds is 0. The van der Waals surface area contributed by atoms with Crippen molar-refractivity contribution >= 4 is 21.8 Å². The predicted molar refractivity (Wildman–Crippen MR) is 34.2 cm³/mol. The van der Waals surface area contributed by atoms with Crippen LogP contribution in [0.1, 0.15) is 7.43 Å². The molecule has 0 aliphatic carbocycles. The van der Waals surface area contributed by atoms with Crippen LogP contribution in [0.3, 0.4) is 0 Å². The monoisotopic (exact) mass is 148 g/mol. The van der Waals surface area contributed by atoms with E-state index in [9.17, 15) is 0 Å². The van der Waals surface area contributed by atoms with Crippen molar-refractivity contribution in [3.63, 3.8) is 0 Å². The van der Waals surface area contributed by atoms with Gasteiger partial charge in [-0.05, 0) is 0 Å².